The quantitative estimate of drug-likeness (QED) is 0.603. The van der Waals surface area contributed by atoms with E-state index in [1.165, 1.54) is 0 Å². The summed E-state index contributed by atoms with van der Waals surface area (Å²) in [7, 11) is -3.73. The first-order valence-electron chi connectivity index (χ1n) is 5.56. The Hall–Kier alpha value is -0.930. The van der Waals surface area contributed by atoms with Gasteiger partial charge in [-0.1, -0.05) is 0 Å². The molecule has 0 aromatic heterocycles. The highest BCUT2D eigenvalue weighted by molar-refractivity contribution is 7.89. The summed E-state index contributed by atoms with van der Waals surface area (Å²) in [5, 5.41) is 0. The molecule has 0 heterocycles. The SMILES string of the molecule is CN(CCC(F)(F)F)S(=O)(=O)c1cc(CCl)cc(F)c1F. The van der Waals surface area contributed by atoms with Crippen LogP contribution in [0.3, 0.4) is 0 Å². The largest absolute Gasteiger partial charge is 0.390 e. The number of alkyl halides is 4. The molecule has 0 fully saturated rings. The molecule has 0 atom stereocenters. The lowest BCUT2D eigenvalue weighted by molar-refractivity contribution is -0.135. The first-order valence-corrected chi connectivity index (χ1v) is 7.53. The van der Waals surface area contributed by atoms with Crippen molar-refractivity contribution in [1.29, 1.82) is 0 Å². The Bertz CT molecular complexity index is 618. The van der Waals surface area contributed by atoms with E-state index in [0.717, 1.165) is 19.2 Å². The molecule has 0 aliphatic rings. The van der Waals surface area contributed by atoms with Crippen LogP contribution in [-0.4, -0.2) is 32.5 Å². The maximum Gasteiger partial charge on any atom is 0.390 e. The highest BCUT2D eigenvalue weighted by Gasteiger charge is 2.32. The fourth-order valence-corrected chi connectivity index (χ4v) is 2.90. The van der Waals surface area contributed by atoms with Gasteiger partial charge in [0.1, 0.15) is 4.90 Å². The minimum atomic E-state index is -4.59. The zero-order chi connectivity index (χ0) is 16.4. The normalized spacial score (nSPS) is 13.0. The summed E-state index contributed by atoms with van der Waals surface area (Å²) in [5.74, 6) is -3.36. The van der Waals surface area contributed by atoms with Gasteiger partial charge in [-0.2, -0.15) is 13.2 Å². The summed E-state index contributed by atoms with van der Waals surface area (Å²) in [5.41, 5.74) is -0.00152. The molecule has 10 heteroatoms. The first-order chi connectivity index (χ1) is 9.49. The second kappa shape index (κ2) is 6.45. The molecular weight excluding hydrogens is 341 g/mol. The van der Waals surface area contributed by atoms with Crippen molar-refractivity contribution in [2.75, 3.05) is 13.6 Å². The molecule has 3 nitrogen and oxygen atoms in total. The van der Waals surface area contributed by atoms with Gasteiger partial charge in [0.25, 0.3) is 0 Å². The van der Waals surface area contributed by atoms with Crippen molar-refractivity contribution in [2.45, 2.75) is 23.4 Å². The number of hydrogen-bond donors (Lipinski definition) is 0. The minimum Gasteiger partial charge on any atom is -0.207 e. The van der Waals surface area contributed by atoms with E-state index >= 15 is 0 Å². The van der Waals surface area contributed by atoms with E-state index in [1.54, 1.807) is 0 Å². The molecule has 0 spiro atoms. The molecule has 0 unspecified atom stereocenters. The summed E-state index contributed by atoms with van der Waals surface area (Å²) >= 11 is 5.43. The van der Waals surface area contributed by atoms with Gasteiger partial charge in [0, 0.05) is 19.5 Å². The second-order valence-electron chi connectivity index (χ2n) is 4.22. The topological polar surface area (TPSA) is 37.4 Å². The van der Waals surface area contributed by atoms with Crippen molar-refractivity contribution in [3.8, 4) is 0 Å². The van der Waals surface area contributed by atoms with Crippen molar-refractivity contribution in [2.24, 2.45) is 0 Å². The predicted octanol–water partition coefficient (Wildman–Crippen LogP) is 3.28. The average molecular weight is 352 g/mol. The van der Waals surface area contributed by atoms with E-state index in [0.29, 0.717) is 4.31 Å². The zero-order valence-corrected chi connectivity index (χ0v) is 12.3. The third-order valence-corrected chi connectivity index (χ3v) is 4.77. The van der Waals surface area contributed by atoms with Gasteiger partial charge in [0.15, 0.2) is 11.6 Å². The van der Waals surface area contributed by atoms with Crippen LogP contribution in [0.4, 0.5) is 22.0 Å². The smallest absolute Gasteiger partial charge is 0.207 e. The fourth-order valence-electron chi connectivity index (χ4n) is 1.45. The van der Waals surface area contributed by atoms with E-state index in [9.17, 15) is 30.4 Å². The van der Waals surface area contributed by atoms with Gasteiger partial charge in [-0.15, -0.1) is 11.6 Å². The molecule has 0 saturated carbocycles. The Kier molecular flexibility index (Phi) is 5.57. The Balaban J connectivity index is 3.16. The molecule has 0 aliphatic carbocycles. The second-order valence-corrected chi connectivity index (χ2v) is 6.50. The number of benzene rings is 1. The molecule has 0 N–H and O–H groups in total. The fraction of sp³-hybridized carbons (Fsp3) is 0.455. The highest BCUT2D eigenvalue weighted by atomic mass is 35.5. The summed E-state index contributed by atoms with van der Waals surface area (Å²) in [4.78, 5) is -1.04. The van der Waals surface area contributed by atoms with Crippen molar-refractivity contribution in [3.05, 3.63) is 29.3 Å². The number of halogens is 6. The summed E-state index contributed by atoms with van der Waals surface area (Å²) in [6.07, 6.45) is -5.96. The lowest BCUT2D eigenvalue weighted by Gasteiger charge is -2.19. The Morgan fingerprint density at radius 1 is 1.24 bits per heavy atom. The molecule has 21 heavy (non-hydrogen) atoms. The summed E-state index contributed by atoms with van der Waals surface area (Å²) < 4.78 is 87.5. The molecule has 1 aromatic carbocycles. The number of sulfonamides is 1. The van der Waals surface area contributed by atoms with Crippen LogP contribution in [-0.2, 0) is 15.9 Å². The van der Waals surface area contributed by atoms with E-state index < -0.39 is 45.7 Å². The summed E-state index contributed by atoms with van der Waals surface area (Å²) in [6.45, 7) is -0.905. The van der Waals surface area contributed by atoms with Gasteiger partial charge in [0.05, 0.1) is 6.42 Å². The first kappa shape index (κ1) is 18.1. The number of rotatable bonds is 5. The van der Waals surface area contributed by atoms with E-state index in [2.05, 4.69) is 0 Å². The van der Waals surface area contributed by atoms with Crippen LogP contribution >= 0.6 is 11.6 Å². The van der Waals surface area contributed by atoms with Gasteiger partial charge < -0.3 is 0 Å². The van der Waals surface area contributed by atoms with Gasteiger partial charge in [-0.3, -0.25) is 0 Å². The number of hydrogen-bond acceptors (Lipinski definition) is 2. The molecule has 0 radical (unpaired) electrons. The maximum atomic E-state index is 13.6. The predicted molar refractivity (Wildman–Crippen MR) is 66.4 cm³/mol. The Morgan fingerprint density at radius 3 is 2.29 bits per heavy atom. The molecule has 0 aliphatic heterocycles. The van der Waals surface area contributed by atoms with Crippen LogP contribution in [0.15, 0.2) is 17.0 Å². The molecule has 0 amide bonds. The van der Waals surface area contributed by atoms with E-state index in [-0.39, 0.29) is 11.4 Å². The van der Waals surface area contributed by atoms with Crippen LogP contribution in [0.2, 0.25) is 0 Å². The van der Waals surface area contributed by atoms with Gasteiger partial charge in [-0.25, -0.2) is 21.5 Å². The van der Waals surface area contributed by atoms with E-state index in [4.69, 9.17) is 11.6 Å². The van der Waals surface area contributed by atoms with Crippen LogP contribution in [0.1, 0.15) is 12.0 Å². The average Bonchev–Trinajstić information content (AvgIpc) is 2.37. The molecule has 1 aromatic rings. The van der Waals surface area contributed by atoms with Crippen LogP contribution < -0.4 is 0 Å². The van der Waals surface area contributed by atoms with Gasteiger partial charge in [-0.05, 0) is 17.7 Å². The lowest BCUT2D eigenvalue weighted by atomic mass is 10.2. The van der Waals surface area contributed by atoms with Crippen LogP contribution in [0.25, 0.3) is 0 Å². The molecule has 0 saturated heterocycles. The standard InChI is InChI=1S/C11H11ClF5NO2S/c1-18(3-2-11(15,16)17)21(19,20)9-5-7(6-12)4-8(13)10(9)14/h4-5H,2-3,6H2,1H3. The third-order valence-electron chi connectivity index (χ3n) is 2.61. The van der Waals surface area contributed by atoms with Gasteiger partial charge >= 0.3 is 6.18 Å². The van der Waals surface area contributed by atoms with Crippen molar-refractivity contribution in [3.63, 3.8) is 0 Å². The molecule has 1 rings (SSSR count). The van der Waals surface area contributed by atoms with Crippen LogP contribution in [0.5, 0.6) is 0 Å². The van der Waals surface area contributed by atoms with Crippen molar-refractivity contribution in [1.82, 2.24) is 4.31 Å². The molecule has 0 bridgehead atoms. The maximum absolute atomic E-state index is 13.6. The third kappa shape index (κ3) is 4.52. The minimum absolute atomic E-state index is 0.00152. The van der Waals surface area contributed by atoms with Crippen molar-refractivity contribution < 1.29 is 30.4 Å². The lowest BCUT2D eigenvalue weighted by Crippen LogP contribution is -2.31. The zero-order valence-electron chi connectivity index (χ0n) is 10.7. The number of nitrogens with zero attached hydrogens (tertiary/aromatic N) is 1. The van der Waals surface area contributed by atoms with Crippen molar-refractivity contribution >= 4 is 21.6 Å². The molecular formula is C11H11ClF5NO2S. The van der Waals surface area contributed by atoms with E-state index in [1.807, 2.05) is 0 Å². The highest BCUT2D eigenvalue weighted by Crippen LogP contribution is 2.25. The monoisotopic (exact) mass is 351 g/mol. The summed E-state index contributed by atoms with van der Waals surface area (Å²) in [6, 6.07) is 1.52. The van der Waals surface area contributed by atoms with Gasteiger partial charge in [0.2, 0.25) is 10.0 Å². The Morgan fingerprint density at radius 2 is 1.81 bits per heavy atom. The Labute approximate surface area is 123 Å². The van der Waals surface area contributed by atoms with Crippen LogP contribution in [0, 0.1) is 11.6 Å². The molecule has 120 valence electrons.